The van der Waals surface area contributed by atoms with Crippen LogP contribution in [0, 0.1) is 0 Å². The van der Waals surface area contributed by atoms with Gasteiger partial charge in [0.05, 0.1) is 0 Å². The van der Waals surface area contributed by atoms with Gasteiger partial charge in [-0.25, -0.2) is 0 Å². The number of rotatable bonds is 4. The van der Waals surface area contributed by atoms with Gasteiger partial charge in [-0.1, -0.05) is 93.0 Å². The van der Waals surface area contributed by atoms with E-state index < -0.39 is 14.6 Å². The molecule has 2 rings (SSSR count). The van der Waals surface area contributed by atoms with Crippen molar-refractivity contribution in [2.24, 2.45) is 0 Å². The summed E-state index contributed by atoms with van der Waals surface area (Å²) in [5, 5.41) is 0.0286. The predicted molar refractivity (Wildman–Crippen MR) is 93.9 cm³/mol. The number of carbonyl (C=O) groups is 1. The van der Waals surface area contributed by atoms with Crippen molar-refractivity contribution in [2.45, 2.75) is 30.7 Å². The Morgan fingerprint density at radius 2 is 1.32 bits per heavy atom. The molecule has 0 aromatic heterocycles. The standard InChI is InChI=1S/C18H21ClO2Si/c1-17(2,3)22-21-16(20)18(19,14-10-6-4-7-11-14)15-12-8-5-9-13-15/h4-13H,22H2,1-3H3. The molecule has 0 unspecified atom stereocenters. The first-order valence-electron chi connectivity index (χ1n) is 7.31. The Labute approximate surface area is 139 Å². The van der Waals surface area contributed by atoms with Gasteiger partial charge in [-0.15, -0.1) is 0 Å². The number of halogens is 1. The average molecular weight is 333 g/mol. The summed E-state index contributed by atoms with van der Waals surface area (Å²) >= 11 is 6.82. The maximum Gasteiger partial charge on any atom is 0.322 e. The van der Waals surface area contributed by atoms with Gasteiger partial charge >= 0.3 is 5.97 Å². The molecule has 0 aliphatic rings. The molecule has 0 heterocycles. The summed E-state index contributed by atoms with van der Waals surface area (Å²) < 4.78 is 5.65. The second-order valence-electron chi connectivity index (χ2n) is 6.53. The molecule has 0 radical (unpaired) electrons. The molecule has 2 aromatic rings. The van der Waals surface area contributed by atoms with E-state index in [9.17, 15) is 4.79 Å². The fourth-order valence-corrected chi connectivity index (χ4v) is 3.30. The molecule has 116 valence electrons. The summed E-state index contributed by atoms with van der Waals surface area (Å²) in [6, 6.07) is 18.8. The lowest BCUT2D eigenvalue weighted by atomic mass is 9.90. The normalized spacial score (nSPS) is 12.5. The third kappa shape index (κ3) is 3.79. The lowest BCUT2D eigenvalue weighted by Crippen LogP contribution is -2.35. The zero-order valence-electron chi connectivity index (χ0n) is 13.2. The van der Waals surface area contributed by atoms with Gasteiger partial charge in [0.1, 0.15) is 0 Å². The Morgan fingerprint density at radius 1 is 0.909 bits per heavy atom. The van der Waals surface area contributed by atoms with E-state index in [2.05, 4.69) is 20.8 Å². The third-order valence-electron chi connectivity index (χ3n) is 3.26. The predicted octanol–water partition coefficient (Wildman–Crippen LogP) is 4.01. The Kier molecular flexibility index (Phi) is 5.09. The number of alkyl halides is 1. The van der Waals surface area contributed by atoms with Crippen molar-refractivity contribution in [1.29, 1.82) is 0 Å². The van der Waals surface area contributed by atoms with Gasteiger partial charge in [0.2, 0.25) is 9.76 Å². The largest absolute Gasteiger partial charge is 0.523 e. The third-order valence-corrected chi connectivity index (χ3v) is 5.12. The molecule has 2 aromatic carbocycles. The van der Waals surface area contributed by atoms with Gasteiger partial charge in [-0.3, -0.25) is 4.79 Å². The van der Waals surface area contributed by atoms with Crippen LogP contribution in [-0.2, 0) is 14.1 Å². The van der Waals surface area contributed by atoms with E-state index in [1.54, 1.807) is 0 Å². The van der Waals surface area contributed by atoms with Crippen molar-refractivity contribution in [3.05, 3.63) is 71.8 Å². The van der Waals surface area contributed by atoms with Gasteiger partial charge in [0.15, 0.2) is 4.87 Å². The molecule has 0 aliphatic carbocycles. The molecule has 0 amide bonds. The van der Waals surface area contributed by atoms with Crippen LogP contribution >= 0.6 is 11.6 Å². The maximum absolute atomic E-state index is 12.8. The highest BCUT2D eigenvalue weighted by Gasteiger charge is 2.41. The SMILES string of the molecule is CC(C)(C)[SiH2]OC(=O)C(Cl)(c1ccccc1)c1ccccc1. The van der Waals surface area contributed by atoms with Crippen molar-refractivity contribution in [3.63, 3.8) is 0 Å². The van der Waals surface area contributed by atoms with Crippen LogP contribution in [0.25, 0.3) is 0 Å². The molecule has 0 aliphatic heterocycles. The average Bonchev–Trinajstić information content (AvgIpc) is 2.52. The summed E-state index contributed by atoms with van der Waals surface area (Å²) in [5.74, 6) is -0.381. The molecule has 0 saturated carbocycles. The van der Waals surface area contributed by atoms with Crippen molar-refractivity contribution in [3.8, 4) is 0 Å². The first-order valence-corrected chi connectivity index (χ1v) is 8.97. The van der Waals surface area contributed by atoms with E-state index in [0.717, 1.165) is 11.1 Å². The minimum atomic E-state index is -1.29. The van der Waals surface area contributed by atoms with Crippen LogP contribution in [0.5, 0.6) is 0 Å². The van der Waals surface area contributed by atoms with Crippen molar-refractivity contribution in [1.82, 2.24) is 0 Å². The Morgan fingerprint density at radius 3 is 1.68 bits per heavy atom. The van der Waals surface area contributed by atoms with Crippen LogP contribution in [0.2, 0.25) is 5.04 Å². The zero-order chi connectivity index (χ0) is 16.2. The smallest absolute Gasteiger partial charge is 0.322 e. The molecular weight excluding hydrogens is 312 g/mol. The lowest BCUT2D eigenvalue weighted by molar-refractivity contribution is -0.136. The van der Waals surface area contributed by atoms with Crippen molar-refractivity contribution in [2.75, 3.05) is 0 Å². The minimum absolute atomic E-state index is 0.0286. The fraction of sp³-hybridized carbons (Fsp3) is 0.278. The fourth-order valence-electron chi connectivity index (χ4n) is 2.12. The molecule has 22 heavy (non-hydrogen) atoms. The molecule has 0 fully saturated rings. The molecule has 0 bridgehead atoms. The molecule has 4 heteroatoms. The van der Waals surface area contributed by atoms with Crippen molar-refractivity contribution >= 4 is 27.3 Å². The molecule has 0 spiro atoms. The zero-order valence-corrected chi connectivity index (χ0v) is 15.3. The number of benzene rings is 2. The summed E-state index contributed by atoms with van der Waals surface area (Å²) in [5.41, 5.74) is 1.46. The quantitative estimate of drug-likeness (QED) is 0.624. The second kappa shape index (κ2) is 6.67. The van der Waals surface area contributed by atoms with Gasteiger partial charge in [-0.05, 0) is 16.2 Å². The maximum atomic E-state index is 12.8. The second-order valence-corrected chi connectivity index (χ2v) is 9.79. The summed E-state index contributed by atoms with van der Waals surface area (Å²) in [6.07, 6.45) is 0. The summed E-state index contributed by atoms with van der Waals surface area (Å²) in [6.45, 7) is 6.23. The molecule has 0 saturated heterocycles. The van der Waals surface area contributed by atoms with Gasteiger partial charge in [0.25, 0.3) is 0 Å². The number of hydrogen-bond acceptors (Lipinski definition) is 2. The van der Waals surface area contributed by atoms with E-state index in [4.69, 9.17) is 16.0 Å². The minimum Gasteiger partial charge on any atom is -0.523 e. The molecule has 0 atom stereocenters. The topological polar surface area (TPSA) is 26.3 Å². The number of carbonyl (C=O) groups excluding carboxylic acids is 1. The van der Waals surface area contributed by atoms with Crippen molar-refractivity contribution < 1.29 is 9.22 Å². The first kappa shape index (κ1) is 16.8. The van der Waals surface area contributed by atoms with Gasteiger partial charge < -0.3 is 4.43 Å². The van der Waals surface area contributed by atoms with E-state index in [-0.39, 0.29) is 11.0 Å². The van der Waals surface area contributed by atoms with Crippen LogP contribution in [0.1, 0.15) is 31.9 Å². The van der Waals surface area contributed by atoms with Crippen LogP contribution < -0.4 is 0 Å². The monoisotopic (exact) mass is 332 g/mol. The highest BCUT2D eigenvalue weighted by molar-refractivity contribution is 6.41. The van der Waals surface area contributed by atoms with Gasteiger partial charge in [-0.2, -0.15) is 0 Å². The van der Waals surface area contributed by atoms with E-state index >= 15 is 0 Å². The van der Waals surface area contributed by atoms with Crippen LogP contribution in [0.3, 0.4) is 0 Å². The summed E-state index contributed by atoms with van der Waals surface area (Å²) in [7, 11) is -1.02. The Bertz CT molecular complexity index is 581. The Hall–Kier alpha value is -1.58. The van der Waals surface area contributed by atoms with Crippen LogP contribution in [-0.4, -0.2) is 15.7 Å². The first-order chi connectivity index (χ1) is 10.3. The highest BCUT2D eigenvalue weighted by atomic mass is 35.5. The number of hydrogen-bond donors (Lipinski definition) is 0. The molecule has 2 nitrogen and oxygen atoms in total. The highest BCUT2D eigenvalue weighted by Crippen LogP contribution is 2.38. The van der Waals surface area contributed by atoms with Crippen LogP contribution in [0.4, 0.5) is 0 Å². The lowest BCUT2D eigenvalue weighted by Gasteiger charge is -2.28. The van der Waals surface area contributed by atoms with Crippen LogP contribution in [0.15, 0.2) is 60.7 Å². The van der Waals surface area contributed by atoms with E-state index in [1.165, 1.54) is 0 Å². The molecule has 0 N–H and O–H groups in total. The van der Waals surface area contributed by atoms with Gasteiger partial charge in [0, 0.05) is 0 Å². The Balaban J connectivity index is 2.41. The summed E-state index contributed by atoms with van der Waals surface area (Å²) in [4.78, 5) is 11.5. The van der Waals surface area contributed by atoms with E-state index in [0.29, 0.717) is 0 Å². The molecular formula is C18H21ClO2Si. The van der Waals surface area contributed by atoms with E-state index in [1.807, 2.05) is 60.7 Å².